The summed E-state index contributed by atoms with van der Waals surface area (Å²) in [6.07, 6.45) is 3.93. The monoisotopic (exact) mass is 1190 g/mol. The molecule has 0 atom stereocenters. The van der Waals surface area contributed by atoms with Gasteiger partial charge in [0.25, 0.3) is 0 Å². The van der Waals surface area contributed by atoms with Gasteiger partial charge in [-0.2, -0.15) is 0 Å². The Kier molecular flexibility index (Phi) is 15.3. The number of benzene rings is 7. The first-order chi connectivity index (χ1) is 36.2. The first-order valence-corrected chi connectivity index (χ1v) is 26.9. The molecule has 11 rings (SSSR count). The zero-order valence-corrected chi connectivity index (χ0v) is 49.3. The fraction of sp³-hybridized carbons (Fsp3) is 0.254. The molecular formula is C71H70IrN4O-2. The summed E-state index contributed by atoms with van der Waals surface area (Å²) in [5.41, 5.74) is 20.9. The molecule has 0 aliphatic carbocycles. The minimum Gasteiger partial charge on any atom is -0.500 e. The molecule has 0 aliphatic rings. The van der Waals surface area contributed by atoms with E-state index in [1.54, 1.807) is 0 Å². The SMILES string of the molecule is CC(C)(C)c1ccc(-c2[c-]cccc2)nc1.CC(C)c1cc(-c2ccc(-c3ccccc3)cc2)cc(C(C)C)c1-n1c(-c2[c-]ccc3c2oc2cc(-c4cc(C(C)(C)C)cc(C(C)(C)C)c4)ncc23)nc2ccccc21.[Ir]. The first-order valence-electron chi connectivity index (χ1n) is 26.9. The second kappa shape index (κ2) is 21.6. The molecule has 0 aliphatic heterocycles. The third-order valence-electron chi connectivity index (χ3n) is 14.6. The fourth-order valence-corrected chi connectivity index (χ4v) is 10.0. The minimum atomic E-state index is -0.00496. The molecule has 4 heterocycles. The standard InChI is InChI=1S/C56H54N3O.C15H16N.Ir/c1-34(2)45-29-39(38-25-23-37(24-26-38)36-17-12-11-13-18-36)30-46(35(3)4)52(45)59-50-22-15-14-21-48(50)58-54(59)44-20-16-19-43-47-33-57-49(32-51(47)60-53(43)44)40-27-41(55(5,6)7)31-42(28-40)56(8,9)10;1-15(2,3)13-9-10-14(16-11-13)12-7-5-4-6-8-12;/h11-19,21-35H,1-10H3;4-7,9-11H,1-3H3;/q2*-1;. The van der Waals surface area contributed by atoms with E-state index in [0.29, 0.717) is 0 Å². The van der Waals surface area contributed by atoms with Crippen molar-refractivity contribution in [2.75, 3.05) is 0 Å². The second-order valence-electron chi connectivity index (χ2n) is 24.0. The van der Waals surface area contributed by atoms with E-state index in [0.717, 1.165) is 66.9 Å². The molecule has 0 spiro atoms. The number of imidazole rings is 1. The molecule has 5 nitrogen and oxygen atoms in total. The third kappa shape index (κ3) is 11.3. The maximum atomic E-state index is 6.93. The minimum absolute atomic E-state index is 0. The van der Waals surface area contributed by atoms with Crippen LogP contribution in [0.1, 0.15) is 130 Å². The van der Waals surface area contributed by atoms with E-state index in [1.165, 1.54) is 55.8 Å². The van der Waals surface area contributed by atoms with E-state index in [2.05, 4.69) is 245 Å². The number of furan rings is 1. The summed E-state index contributed by atoms with van der Waals surface area (Å²) >= 11 is 0. The van der Waals surface area contributed by atoms with E-state index in [4.69, 9.17) is 14.4 Å². The van der Waals surface area contributed by atoms with Gasteiger partial charge >= 0.3 is 0 Å². The molecule has 0 N–H and O–H groups in total. The number of aromatic nitrogens is 4. The number of fused-ring (bicyclic) bond motifs is 4. The molecule has 77 heavy (non-hydrogen) atoms. The van der Waals surface area contributed by atoms with Gasteiger partial charge in [-0.3, -0.25) is 9.97 Å². The normalized spacial score (nSPS) is 12.1. The summed E-state index contributed by atoms with van der Waals surface area (Å²) in [7, 11) is 0. The predicted octanol–water partition coefficient (Wildman–Crippen LogP) is 19.5. The molecule has 0 saturated heterocycles. The van der Waals surface area contributed by atoms with E-state index >= 15 is 0 Å². The van der Waals surface area contributed by atoms with E-state index < -0.39 is 0 Å². The van der Waals surface area contributed by atoms with Crippen LogP contribution in [0.2, 0.25) is 0 Å². The summed E-state index contributed by atoms with van der Waals surface area (Å²) in [5, 5.41) is 1.97. The number of rotatable bonds is 8. The smallest absolute Gasteiger partial charge is 0.124 e. The quantitative estimate of drug-likeness (QED) is 0.142. The van der Waals surface area contributed by atoms with Crippen molar-refractivity contribution in [3.05, 3.63) is 216 Å². The average molecular weight is 1190 g/mol. The number of hydrogen-bond acceptors (Lipinski definition) is 4. The van der Waals surface area contributed by atoms with Gasteiger partial charge in [0.1, 0.15) is 5.58 Å². The number of pyridine rings is 2. The zero-order valence-electron chi connectivity index (χ0n) is 46.9. The van der Waals surface area contributed by atoms with Crippen LogP contribution < -0.4 is 0 Å². The van der Waals surface area contributed by atoms with Crippen LogP contribution in [0.3, 0.4) is 0 Å². The average Bonchev–Trinajstić information content (AvgIpc) is 4.04. The molecule has 0 saturated carbocycles. The Morgan fingerprint density at radius 2 is 1.06 bits per heavy atom. The van der Waals surface area contributed by atoms with Gasteiger partial charge in [0.15, 0.2) is 0 Å². The Balaban J connectivity index is 0.000000364. The van der Waals surface area contributed by atoms with Gasteiger partial charge < -0.3 is 14.0 Å². The summed E-state index contributed by atoms with van der Waals surface area (Å²) in [6.45, 7) is 29.4. The van der Waals surface area contributed by atoms with Gasteiger partial charge in [0.2, 0.25) is 0 Å². The van der Waals surface area contributed by atoms with Gasteiger partial charge in [-0.1, -0.05) is 186 Å². The van der Waals surface area contributed by atoms with Gasteiger partial charge in [-0.05, 0) is 120 Å². The maximum absolute atomic E-state index is 6.93. The molecule has 7 aromatic carbocycles. The van der Waals surface area contributed by atoms with Crippen LogP contribution in [0.25, 0.3) is 94.8 Å². The molecule has 0 unspecified atom stereocenters. The maximum Gasteiger partial charge on any atom is 0.124 e. The van der Waals surface area contributed by atoms with Crippen molar-refractivity contribution in [3.63, 3.8) is 0 Å². The summed E-state index contributed by atoms with van der Waals surface area (Å²) in [5.74, 6) is 1.28. The van der Waals surface area contributed by atoms with E-state index in [-0.39, 0.29) is 48.2 Å². The Hall–Kier alpha value is -7.24. The summed E-state index contributed by atoms with van der Waals surface area (Å²) in [6, 6.07) is 64.8. The Labute approximate surface area is 470 Å². The second-order valence-corrected chi connectivity index (χ2v) is 24.0. The van der Waals surface area contributed by atoms with Crippen molar-refractivity contribution in [3.8, 4) is 61.8 Å². The van der Waals surface area contributed by atoms with E-state index in [9.17, 15) is 0 Å². The zero-order chi connectivity index (χ0) is 53.7. The Bertz CT molecular complexity index is 3780. The Morgan fingerprint density at radius 1 is 0.481 bits per heavy atom. The molecule has 0 amide bonds. The molecule has 1 radical (unpaired) electrons. The molecule has 6 heteroatoms. The van der Waals surface area contributed by atoms with Gasteiger partial charge in [0.05, 0.1) is 28.1 Å². The molecule has 0 fully saturated rings. The van der Waals surface area contributed by atoms with Crippen molar-refractivity contribution in [2.24, 2.45) is 0 Å². The van der Waals surface area contributed by atoms with Crippen molar-refractivity contribution in [1.29, 1.82) is 0 Å². The first kappa shape index (κ1) is 54.5. The van der Waals surface area contributed by atoms with Crippen molar-refractivity contribution in [1.82, 2.24) is 19.5 Å². The molecule has 0 bridgehead atoms. The van der Waals surface area contributed by atoms with Crippen LogP contribution >= 0.6 is 0 Å². The Morgan fingerprint density at radius 3 is 1.65 bits per heavy atom. The summed E-state index contributed by atoms with van der Waals surface area (Å²) in [4.78, 5) is 14.9. The predicted molar refractivity (Wildman–Crippen MR) is 320 cm³/mol. The summed E-state index contributed by atoms with van der Waals surface area (Å²) < 4.78 is 9.30. The van der Waals surface area contributed by atoms with Gasteiger partial charge in [-0.15, -0.1) is 54.1 Å². The van der Waals surface area contributed by atoms with Gasteiger partial charge in [0, 0.05) is 55.2 Å². The molecular weight excluding hydrogens is 1120 g/mol. The third-order valence-corrected chi connectivity index (χ3v) is 14.6. The number of para-hydroxylation sites is 2. The van der Waals surface area contributed by atoms with Crippen LogP contribution in [-0.2, 0) is 36.4 Å². The van der Waals surface area contributed by atoms with Crippen LogP contribution in [0.4, 0.5) is 0 Å². The van der Waals surface area contributed by atoms with Crippen molar-refractivity contribution in [2.45, 2.75) is 118 Å². The van der Waals surface area contributed by atoms with Crippen LogP contribution in [-0.4, -0.2) is 19.5 Å². The van der Waals surface area contributed by atoms with Gasteiger partial charge in [-0.25, -0.2) is 0 Å². The van der Waals surface area contributed by atoms with Crippen molar-refractivity contribution >= 4 is 33.0 Å². The number of nitrogens with zero attached hydrogens (tertiary/aromatic N) is 4. The van der Waals surface area contributed by atoms with Crippen LogP contribution in [0.5, 0.6) is 0 Å². The van der Waals surface area contributed by atoms with Crippen molar-refractivity contribution < 1.29 is 24.5 Å². The molecule has 4 aromatic heterocycles. The topological polar surface area (TPSA) is 56.7 Å². The largest absolute Gasteiger partial charge is 0.500 e. The van der Waals surface area contributed by atoms with Crippen LogP contribution in [0.15, 0.2) is 181 Å². The molecule has 11 aromatic rings. The van der Waals surface area contributed by atoms with Crippen LogP contribution in [0, 0.1) is 12.1 Å². The number of hydrogen-bond donors (Lipinski definition) is 0. The molecule has 391 valence electrons. The fourth-order valence-electron chi connectivity index (χ4n) is 10.0. The van der Waals surface area contributed by atoms with E-state index in [1.807, 2.05) is 42.7 Å².